The second kappa shape index (κ2) is 8.00. The zero-order chi connectivity index (χ0) is 21.3. The Bertz CT molecular complexity index is 1220. The lowest BCUT2D eigenvalue weighted by Crippen LogP contribution is -2.08. The number of thiazole rings is 1. The predicted octanol–water partition coefficient (Wildman–Crippen LogP) is 5.06. The van der Waals surface area contributed by atoms with Crippen molar-refractivity contribution in [3.8, 4) is 22.0 Å². The van der Waals surface area contributed by atoms with Crippen LogP contribution in [0.3, 0.4) is 0 Å². The van der Waals surface area contributed by atoms with E-state index in [4.69, 9.17) is 9.84 Å². The Hall–Kier alpha value is -3.65. The SMILES string of the molecule is COc1ccc(Nc2c(-c3nccs3)c(C)nn2-c2ccccc2C)c(C(=O)O)c1. The molecule has 0 aliphatic heterocycles. The quantitative estimate of drug-likeness (QED) is 0.453. The molecule has 30 heavy (non-hydrogen) atoms. The maximum Gasteiger partial charge on any atom is 0.337 e. The number of carboxylic acids is 1. The molecule has 2 heterocycles. The van der Waals surface area contributed by atoms with Crippen molar-refractivity contribution in [2.24, 2.45) is 0 Å². The van der Waals surface area contributed by atoms with E-state index in [9.17, 15) is 9.90 Å². The molecule has 0 atom stereocenters. The van der Waals surface area contributed by atoms with E-state index in [1.807, 2.05) is 43.5 Å². The molecule has 0 unspecified atom stereocenters. The number of methoxy groups -OCH3 is 1. The van der Waals surface area contributed by atoms with E-state index in [0.717, 1.165) is 27.5 Å². The molecule has 2 aromatic heterocycles. The number of ether oxygens (including phenoxy) is 1. The van der Waals surface area contributed by atoms with Gasteiger partial charge in [-0.2, -0.15) is 5.10 Å². The molecular weight excluding hydrogens is 400 g/mol. The van der Waals surface area contributed by atoms with Gasteiger partial charge in [0.1, 0.15) is 16.6 Å². The van der Waals surface area contributed by atoms with Crippen LogP contribution >= 0.6 is 11.3 Å². The van der Waals surface area contributed by atoms with Crippen molar-refractivity contribution in [3.63, 3.8) is 0 Å². The maximum atomic E-state index is 11.9. The molecule has 0 amide bonds. The first-order valence-electron chi connectivity index (χ1n) is 9.23. The third-order valence-electron chi connectivity index (χ3n) is 4.76. The van der Waals surface area contributed by atoms with Crippen molar-refractivity contribution in [1.29, 1.82) is 0 Å². The number of hydrogen-bond donors (Lipinski definition) is 2. The van der Waals surface area contributed by atoms with Gasteiger partial charge in [0.2, 0.25) is 0 Å². The van der Waals surface area contributed by atoms with Crippen LogP contribution in [0.15, 0.2) is 54.0 Å². The summed E-state index contributed by atoms with van der Waals surface area (Å²) >= 11 is 1.50. The number of carboxylic acid groups (broad SMARTS) is 1. The Morgan fingerprint density at radius 1 is 1.20 bits per heavy atom. The molecule has 8 heteroatoms. The number of carbonyl (C=O) groups is 1. The van der Waals surface area contributed by atoms with Crippen LogP contribution in [0.4, 0.5) is 11.5 Å². The lowest BCUT2D eigenvalue weighted by atomic mass is 10.1. The molecule has 0 aliphatic rings. The Balaban J connectivity index is 1.93. The third-order valence-corrected chi connectivity index (χ3v) is 5.55. The smallest absolute Gasteiger partial charge is 0.337 e. The van der Waals surface area contributed by atoms with Crippen LogP contribution in [0.5, 0.6) is 5.75 Å². The molecule has 2 aromatic carbocycles. The van der Waals surface area contributed by atoms with Crippen molar-refractivity contribution in [3.05, 3.63) is 70.9 Å². The molecule has 4 rings (SSSR count). The number of nitrogens with zero attached hydrogens (tertiary/aromatic N) is 3. The number of anilines is 2. The van der Waals surface area contributed by atoms with Crippen LogP contribution < -0.4 is 10.1 Å². The van der Waals surface area contributed by atoms with E-state index in [0.29, 0.717) is 17.3 Å². The fraction of sp³-hybridized carbons (Fsp3) is 0.136. The zero-order valence-corrected chi connectivity index (χ0v) is 17.5. The van der Waals surface area contributed by atoms with Gasteiger partial charge in [-0.05, 0) is 43.7 Å². The summed E-state index contributed by atoms with van der Waals surface area (Å²) in [5.74, 6) is 0.0805. The average Bonchev–Trinajstić information content (AvgIpc) is 3.36. The van der Waals surface area contributed by atoms with Gasteiger partial charge in [-0.15, -0.1) is 11.3 Å². The molecule has 0 bridgehead atoms. The molecule has 0 fully saturated rings. The lowest BCUT2D eigenvalue weighted by Gasteiger charge is -2.15. The fourth-order valence-corrected chi connectivity index (χ4v) is 4.02. The number of aromatic nitrogens is 3. The second-order valence-electron chi connectivity index (χ2n) is 6.69. The summed E-state index contributed by atoms with van der Waals surface area (Å²) in [7, 11) is 1.51. The van der Waals surface area contributed by atoms with Gasteiger partial charge in [-0.1, -0.05) is 18.2 Å². The van der Waals surface area contributed by atoms with Crippen LogP contribution in [0, 0.1) is 13.8 Å². The van der Waals surface area contributed by atoms with Crippen LogP contribution in [0.25, 0.3) is 16.3 Å². The Morgan fingerprint density at radius 2 is 2.00 bits per heavy atom. The summed E-state index contributed by atoms with van der Waals surface area (Å²) in [5, 5.41) is 20.5. The molecule has 2 N–H and O–H groups in total. The number of benzene rings is 2. The second-order valence-corrected chi connectivity index (χ2v) is 7.58. The van der Waals surface area contributed by atoms with Gasteiger partial charge >= 0.3 is 5.97 Å². The summed E-state index contributed by atoms with van der Waals surface area (Å²) in [6.45, 7) is 3.93. The van der Waals surface area contributed by atoms with Crippen molar-refractivity contribution >= 4 is 28.8 Å². The van der Waals surface area contributed by atoms with Crippen molar-refractivity contribution in [1.82, 2.24) is 14.8 Å². The van der Waals surface area contributed by atoms with E-state index in [-0.39, 0.29) is 5.56 Å². The topological polar surface area (TPSA) is 89.3 Å². The highest BCUT2D eigenvalue weighted by molar-refractivity contribution is 7.13. The number of rotatable bonds is 6. The molecule has 4 aromatic rings. The van der Waals surface area contributed by atoms with Crippen molar-refractivity contribution in [2.75, 3.05) is 12.4 Å². The van der Waals surface area contributed by atoms with E-state index in [1.165, 1.54) is 24.5 Å². The lowest BCUT2D eigenvalue weighted by molar-refractivity contribution is 0.0697. The normalized spacial score (nSPS) is 10.8. The van der Waals surface area contributed by atoms with Gasteiger partial charge < -0.3 is 15.2 Å². The van der Waals surface area contributed by atoms with Crippen LogP contribution in [-0.4, -0.2) is 33.0 Å². The van der Waals surface area contributed by atoms with E-state index >= 15 is 0 Å². The molecule has 152 valence electrons. The molecule has 0 saturated carbocycles. The number of nitrogens with one attached hydrogen (secondary N) is 1. The molecular formula is C22H20N4O3S. The highest BCUT2D eigenvalue weighted by Crippen LogP contribution is 2.37. The minimum Gasteiger partial charge on any atom is -0.497 e. The predicted molar refractivity (Wildman–Crippen MR) is 117 cm³/mol. The van der Waals surface area contributed by atoms with Crippen molar-refractivity contribution in [2.45, 2.75) is 13.8 Å². The number of aromatic carboxylic acids is 1. The van der Waals surface area contributed by atoms with Crippen LogP contribution in [0.2, 0.25) is 0 Å². The average molecular weight is 420 g/mol. The molecule has 0 radical (unpaired) electrons. The number of aryl methyl sites for hydroxylation is 2. The van der Waals surface area contributed by atoms with Crippen LogP contribution in [0.1, 0.15) is 21.6 Å². The molecule has 0 saturated heterocycles. The van der Waals surface area contributed by atoms with Gasteiger partial charge in [0, 0.05) is 11.6 Å². The summed E-state index contributed by atoms with van der Waals surface area (Å²) in [6.07, 6.45) is 1.74. The molecule has 0 aliphatic carbocycles. The first-order valence-corrected chi connectivity index (χ1v) is 10.1. The fourth-order valence-electron chi connectivity index (χ4n) is 3.28. The van der Waals surface area contributed by atoms with Crippen LogP contribution in [-0.2, 0) is 0 Å². The third kappa shape index (κ3) is 3.53. The Labute approximate surface area is 177 Å². The van der Waals surface area contributed by atoms with Gasteiger partial charge in [-0.25, -0.2) is 14.5 Å². The zero-order valence-electron chi connectivity index (χ0n) is 16.7. The Kier molecular flexibility index (Phi) is 5.24. The first kappa shape index (κ1) is 19.7. The standard InChI is InChI=1S/C22H20N4O3S/c1-13-6-4-5-7-18(13)26-20(19(14(2)25-26)21-23-10-11-30-21)24-17-9-8-15(29-3)12-16(17)22(27)28/h4-12,24H,1-3H3,(H,27,28). The monoisotopic (exact) mass is 420 g/mol. The van der Waals surface area contributed by atoms with E-state index < -0.39 is 5.97 Å². The first-order chi connectivity index (χ1) is 14.5. The minimum atomic E-state index is -1.05. The Morgan fingerprint density at radius 3 is 2.67 bits per heavy atom. The number of hydrogen-bond acceptors (Lipinski definition) is 6. The van der Waals surface area contributed by atoms with Crippen molar-refractivity contribution < 1.29 is 14.6 Å². The van der Waals surface area contributed by atoms with Gasteiger partial charge in [0.05, 0.1) is 35.3 Å². The van der Waals surface area contributed by atoms with Gasteiger partial charge in [-0.3, -0.25) is 0 Å². The summed E-state index contributed by atoms with van der Waals surface area (Å²) < 4.78 is 6.99. The van der Waals surface area contributed by atoms with E-state index in [1.54, 1.807) is 23.0 Å². The highest BCUT2D eigenvalue weighted by atomic mass is 32.1. The van der Waals surface area contributed by atoms with Gasteiger partial charge in [0.25, 0.3) is 0 Å². The largest absolute Gasteiger partial charge is 0.497 e. The van der Waals surface area contributed by atoms with E-state index in [2.05, 4.69) is 10.3 Å². The highest BCUT2D eigenvalue weighted by Gasteiger charge is 2.23. The summed E-state index contributed by atoms with van der Waals surface area (Å²) in [6, 6.07) is 12.8. The molecule has 7 nitrogen and oxygen atoms in total. The minimum absolute atomic E-state index is 0.106. The summed E-state index contributed by atoms with van der Waals surface area (Å²) in [5.41, 5.74) is 4.12. The van der Waals surface area contributed by atoms with Gasteiger partial charge in [0.15, 0.2) is 0 Å². The number of para-hydroxylation sites is 1. The molecule has 0 spiro atoms. The summed E-state index contributed by atoms with van der Waals surface area (Å²) in [4.78, 5) is 16.3. The maximum absolute atomic E-state index is 11.9.